The minimum absolute atomic E-state index is 0.475. The average Bonchev–Trinajstić information content (AvgIpc) is 4.08. The van der Waals surface area contributed by atoms with Crippen LogP contribution >= 0.6 is 0 Å². The van der Waals surface area contributed by atoms with Crippen LogP contribution in [0.1, 0.15) is 22.3 Å². The van der Waals surface area contributed by atoms with Gasteiger partial charge < -0.3 is 9.47 Å². The van der Waals surface area contributed by atoms with Crippen molar-refractivity contribution in [3.63, 3.8) is 0 Å². The molecule has 0 unspecified atom stereocenters. The molecule has 75 heavy (non-hydrogen) atoms. The van der Waals surface area contributed by atoms with Crippen molar-refractivity contribution in [2.45, 2.75) is 5.41 Å². The minimum Gasteiger partial charge on any atom is -0.310 e. The van der Waals surface area contributed by atoms with E-state index in [9.17, 15) is 0 Å². The molecule has 14 rings (SSSR count). The molecule has 0 radical (unpaired) electrons. The van der Waals surface area contributed by atoms with Crippen LogP contribution in [0.15, 0.2) is 303 Å². The summed E-state index contributed by atoms with van der Waals surface area (Å²) in [6.45, 7) is 0. The molecule has 0 aliphatic heterocycles. The van der Waals surface area contributed by atoms with Gasteiger partial charge in [-0.1, -0.05) is 237 Å². The fraction of sp³-hybridized carbons (Fsp3) is 0.0137. The average molecular weight is 955 g/mol. The van der Waals surface area contributed by atoms with E-state index in [0.29, 0.717) is 0 Å². The summed E-state index contributed by atoms with van der Waals surface area (Å²) >= 11 is 0. The lowest BCUT2D eigenvalue weighted by Crippen LogP contribution is -2.28. The zero-order valence-corrected chi connectivity index (χ0v) is 41.3. The number of nitrogens with zero attached hydrogens (tertiary/aromatic N) is 2. The Morgan fingerprint density at radius 3 is 1.47 bits per heavy atom. The molecule has 0 atom stereocenters. The van der Waals surface area contributed by atoms with Gasteiger partial charge in [0.15, 0.2) is 0 Å². The lowest BCUT2D eigenvalue weighted by atomic mass is 9.68. The SMILES string of the molecule is c1ccc(-c2cc(-c3ccccc3)cc(-n3c4ccccc4c4ccc(-c5cccc(-c6ccccc6N(c6ccccc6)c6ccc7c(c6)-c6ccccc6C7(c6ccccc6)c6ccccc6)c5)cc43)c2)cc1. The van der Waals surface area contributed by atoms with Gasteiger partial charge >= 0.3 is 0 Å². The van der Waals surface area contributed by atoms with Gasteiger partial charge in [-0.25, -0.2) is 0 Å². The number of anilines is 3. The molecule has 2 heteroatoms. The van der Waals surface area contributed by atoms with Gasteiger partial charge in [0.1, 0.15) is 0 Å². The minimum atomic E-state index is -0.475. The molecular formula is C73H50N2. The molecular weight excluding hydrogens is 905 g/mol. The molecule has 2 nitrogen and oxygen atoms in total. The fourth-order valence-electron chi connectivity index (χ4n) is 12.1. The lowest BCUT2D eigenvalue weighted by Gasteiger charge is -2.34. The predicted octanol–water partition coefficient (Wildman–Crippen LogP) is 19.3. The Morgan fingerprint density at radius 2 is 0.773 bits per heavy atom. The number of fused-ring (bicyclic) bond motifs is 6. The summed E-state index contributed by atoms with van der Waals surface area (Å²) in [5.74, 6) is 0. The summed E-state index contributed by atoms with van der Waals surface area (Å²) in [6.07, 6.45) is 0. The Bertz CT molecular complexity index is 4120. The second-order valence-electron chi connectivity index (χ2n) is 19.6. The van der Waals surface area contributed by atoms with Crippen molar-refractivity contribution >= 4 is 38.9 Å². The first-order valence-corrected chi connectivity index (χ1v) is 25.9. The van der Waals surface area contributed by atoms with Gasteiger partial charge in [-0.15, -0.1) is 0 Å². The highest BCUT2D eigenvalue weighted by molar-refractivity contribution is 6.10. The Labute approximate surface area is 438 Å². The highest BCUT2D eigenvalue weighted by Crippen LogP contribution is 2.57. The zero-order chi connectivity index (χ0) is 49.7. The molecule has 1 aromatic heterocycles. The third-order valence-corrected chi connectivity index (χ3v) is 15.4. The smallest absolute Gasteiger partial charge is 0.0713 e. The second-order valence-corrected chi connectivity index (χ2v) is 19.6. The highest BCUT2D eigenvalue weighted by atomic mass is 15.1. The third kappa shape index (κ3) is 7.41. The van der Waals surface area contributed by atoms with Gasteiger partial charge in [-0.2, -0.15) is 0 Å². The van der Waals surface area contributed by atoms with Gasteiger partial charge in [0, 0.05) is 33.4 Å². The monoisotopic (exact) mass is 954 g/mol. The summed E-state index contributed by atoms with van der Waals surface area (Å²) in [5, 5.41) is 2.46. The van der Waals surface area contributed by atoms with Crippen molar-refractivity contribution in [3.8, 4) is 61.3 Å². The van der Waals surface area contributed by atoms with Gasteiger partial charge in [-0.05, 0) is 139 Å². The normalized spacial score (nSPS) is 12.4. The summed E-state index contributed by atoms with van der Waals surface area (Å²) in [4.78, 5) is 2.44. The molecule has 1 heterocycles. The standard InChI is InChI=1S/C73H50N2/c1-6-23-51(24-7-1)56-46-57(52-25-8-2-9-26-52)48-62(47-56)75-71-40-21-18-37-65(71)66-43-41-54(49-72(66)75)53-27-22-28-55(45-53)63-35-17-20-39-70(63)74(60-33-14-5-15-34-60)61-42-44-69-67(50-61)64-36-16-19-38-68(64)73(69,58-29-10-3-11-30-58)59-31-12-4-13-32-59/h1-50H. The maximum absolute atomic E-state index is 2.46. The summed E-state index contributed by atoms with van der Waals surface area (Å²) in [7, 11) is 0. The third-order valence-electron chi connectivity index (χ3n) is 15.4. The van der Waals surface area contributed by atoms with Gasteiger partial charge in [0.25, 0.3) is 0 Å². The van der Waals surface area contributed by atoms with E-state index >= 15 is 0 Å². The van der Waals surface area contributed by atoms with E-state index in [1.165, 1.54) is 77.4 Å². The first-order valence-electron chi connectivity index (χ1n) is 25.9. The van der Waals surface area contributed by atoms with Crippen LogP contribution in [-0.2, 0) is 5.41 Å². The van der Waals surface area contributed by atoms with E-state index in [0.717, 1.165) is 45.0 Å². The summed E-state index contributed by atoms with van der Waals surface area (Å²) in [5.41, 5.74) is 23.3. The van der Waals surface area contributed by atoms with Gasteiger partial charge in [-0.3, -0.25) is 0 Å². The first-order chi connectivity index (χ1) is 37.2. The number of hydrogen-bond acceptors (Lipinski definition) is 1. The maximum atomic E-state index is 2.46. The predicted molar refractivity (Wildman–Crippen MR) is 315 cm³/mol. The molecule has 0 N–H and O–H groups in total. The van der Waals surface area contributed by atoms with Crippen molar-refractivity contribution in [2.75, 3.05) is 4.90 Å². The van der Waals surface area contributed by atoms with Crippen LogP contribution in [0.3, 0.4) is 0 Å². The van der Waals surface area contributed by atoms with Crippen LogP contribution in [0, 0.1) is 0 Å². The van der Waals surface area contributed by atoms with E-state index in [4.69, 9.17) is 0 Å². The molecule has 0 bridgehead atoms. The Kier molecular flexibility index (Phi) is 10.8. The van der Waals surface area contributed by atoms with Crippen molar-refractivity contribution in [2.24, 2.45) is 0 Å². The van der Waals surface area contributed by atoms with Crippen LogP contribution in [0.4, 0.5) is 17.1 Å². The molecule has 0 fully saturated rings. The molecule has 12 aromatic carbocycles. The zero-order valence-electron chi connectivity index (χ0n) is 41.3. The van der Waals surface area contributed by atoms with E-state index in [2.05, 4.69) is 313 Å². The largest absolute Gasteiger partial charge is 0.310 e. The van der Waals surface area contributed by atoms with Gasteiger partial charge in [0.2, 0.25) is 0 Å². The summed E-state index contributed by atoms with van der Waals surface area (Å²) in [6, 6.07) is 111. The quantitative estimate of drug-likeness (QED) is 0.133. The van der Waals surface area contributed by atoms with E-state index < -0.39 is 5.41 Å². The molecule has 352 valence electrons. The van der Waals surface area contributed by atoms with Crippen LogP contribution in [0.5, 0.6) is 0 Å². The van der Waals surface area contributed by atoms with Crippen LogP contribution < -0.4 is 4.90 Å². The van der Waals surface area contributed by atoms with E-state index in [1.54, 1.807) is 0 Å². The van der Waals surface area contributed by atoms with E-state index in [-0.39, 0.29) is 0 Å². The molecule has 1 aliphatic carbocycles. The molecule has 0 saturated heterocycles. The molecule has 1 aliphatic rings. The Hall–Kier alpha value is -9.76. The number of aromatic nitrogens is 1. The van der Waals surface area contributed by atoms with Crippen LogP contribution in [-0.4, -0.2) is 4.57 Å². The number of hydrogen-bond donors (Lipinski definition) is 0. The lowest BCUT2D eigenvalue weighted by molar-refractivity contribution is 0.768. The Balaban J connectivity index is 0.910. The van der Waals surface area contributed by atoms with Crippen molar-refractivity contribution in [3.05, 3.63) is 326 Å². The molecule has 0 spiro atoms. The van der Waals surface area contributed by atoms with Crippen molar-refractivity contribution in [1.29, 1.82) is 0 Å². The number of para-hydroxylation sites is 3. The van der Waals surface area contributed by atoms with Crippen LogP contribution in [0.25, 0.3) is 83.1 Å². The van der Waals surface area contributed by atoms with Gasteiger partial charge in [0.05, 0.1) is 22.1 Å². The first kappa shape index (κ1) is 44.0. The number of rotatable bonds is 10. The molecule has 0 amide bonds. The molecule has 0 saturated carbocycles. The summed E-state index contributed by atoms with van der Waals surface area (Å²) < 4.78 is 2.46. The van der Waals surface area contributed by atoms with Crippen molar-refractivity contribution < 1.29 is 0 Å². The van der Waals surface area contributed by atoms with E-state index in [1.807, 2.05) is 0 Å². The molecule has 13 aromatic rings. The second kappa shape index (κ2) is 18.4. The fourth-order valence-corrected chi connectivity index (χ4v) is 12.1. The topological polar surface area (TPSA) is 8.17 Å². The Morgan fingerprint density at radius 1 is 0.267 bits per heavy atom. The maximum Gasteiger partial charge on any atom is 0.0713 e. The van der Waals surface area contributed by atoms with Crippen molar-refractivity contribution in [1.82, 2.24) is 4.57 Å². The highest BCUT2D eigenvalue weighted by Gasteiger charge is 2.46. The number of benzene rings is 12. The van der Waals surface area contributed by atoms with Crippen LogP contribution in [0.2, 0.25) is 0 Å².